The van der Waals surface area contributed by atoms with Crippen LogP contribution in [0.5, 0.6) is 0 Å². The van der Waals surface area contributed by atoms with E-state index in [0.717, 1.165) is 5.54 Å². The molecule has 0 saturated carbocycles. The van der Waals surface area contributed by atoms with E-state index in [0.29, 0.717) is 3.63 Å². The Morgan fingerprint density at radius 2 is 1.74 bits per heavy atom. The Bertz CT molecular complexity index is 1150. The molecule has 2 aliphatic carbocycles. The molecule has 2 unspecified atom stereocenters. The van der Waals surface area contributed by atoms with E-state index in [1.54, 1.807) is 35.5 Å². The summed E-state index contributed by atoms with van der Waals surface area (Å²) in [6.07, 6.45) is 6.23. The van der Waals surface area contributed by atoms with Crippen LogP contribution in [0, 0.1) is 0 Å². The third-order valence-electron chi connectivity index (χ3n) is 6.61. The number of hydrogen-bond acceptors (Lipinski definition) is 1. The summed E-state index contributed by atoms with van der Waals surface area (Å²) in [7, 11) is -1.04. The Balaban J connectivity index is 0.000000121. The summed E-state index contributed by atoms with van der Waals surface area (Å²) in [4.78, 5) is 0. The van der Waals surface area contributed by atoms with Gasteiger partial charge in [-0.2, -0.15) is 0 Å². The van der Waals surface area contributed by atoms with Crippen molar-refractivity contribution in [3.05, 3.63) is 82.3 Å². The van der Waals surface area contributed by atoms with Crippen molar-refractivity contribution in [1.82, 2.24) is 0 Å². The van der Waals surface area contributed by atoms with Crippen LogP contribution in [0.4, 0.5) is 0 Å². The van der Waals surface area contributed by atoms with Gasteiger partial charge in [-0.1, -0.05) is 18.7 Å². The van der Waals surface area contributed by atoms with E-state index >= 15 is 0 Å². The van der Waals surface area contributed by atoms with E-state index in [1.807, 2.05) is 12.5 Å². The second-order valence-electron chi connectivity index (χ2n) is 8.56. The molecule has 1 aromatic heterocycles. The molecule has 133 valence electrons. The average Bonchev–Trinajstić information content (AvgIpc) is 3.33. The number of fused-ring (bicyclic) bond motifs is 3. The molecule has 0 saturated heterocycles. The normalized spacial score (nSPS) is 23.3. The fourth-order valence-electron chi connectivity index (χ4n) is 5.46. The zero-order valence-electron chi connectivity index (χ0n) is 16.3. The Morgan fingerprint density at radius 1 is 0.963 bits per heavy atom. The van der Waals surface area contributed by atoms with Gasteiger partial charge >= 0.3 is 105 Å². The maximum absolute atomic E-state index is 5.22. The van der Waals surface area contributed by atoms with Gasteiger partial charge in [0.25, 0.3) is 0 Å². The first-order chi connectivity index (χ1) is 12.9. The Morgan fingerprint density at radius 3 is 2.48 bits per heavy atom. The maximum atomic E-state index is 5.22. The first-order valence-electron chi connectivity index (χ1n) is 9.60. The van der Waals surface area contributed by atoms with Crippen molar-refractivity contribution >= 4 is 30.1 Å². The van der Waals surface area contributed by atoms with Gasteiger partial charge in [-0.15, -0.1) is 0 Å². The molecule has 3 heterocycles. The number of allylic oxidation sites excluding steroid dienone is 2. The van der Waals surface area contributed by atoms with Crippen molar-refractivity contribution in [2.45, 2.75) is 36.1 Å². The number of furan rings is 1. The third-order valence-corrected chi connectivity index (χ3v) is 12.6. The summed E-state index contributed by atoms with van der Waals surface area (Å²) in [6.45, 7) is 9.44. The van der Waals surface area contributed by atoms with Gasteiger partial charge in [0.15, 0.2) is 0 Å². The van der Waals surface area contributed by atoms with Crippen molar-refractivity contribution in [3.63, 3.8) is 0 Å². The van der Waals surface area contributed by atoms with E-state index in [1.165, 1.54) is 38.6 Å². The molecule has 0 N–H and O–H groups in total. The predicted octanol–water partition coefficient (Wildman–Crippen LogP) is 6.80. The van der Waals surface area contributed by atoms with Gasteiger partial charge in [-0.25, -0.2) is 0 Å². The van der Waals surface area contributed by atoms with Crippen LogP contribution in [0.25, 0.3) is 22.0 Å². The van der Waals surface area contributed by atoms with E-state index in [4.69, 9.17) is 4.42 Å². The summed E-state index contributed by atoms with van der Waals surface area (Å²) in [5.74, 6) is 0. The molecule has 27 heavy (non-hydrogen) atoms. The SMILES string of the molecule is CC1=C2c3cocc3C1[Si]2(C)C.CC1=Cc2c(ccc3ccccc23)[CH]1[Zr]. The van der Waals surface area contributed by atoms with Crippen molar-refractivity contribution in [2.24, 2.45) is 0 Å². The fraction of sp³-hybridized carbons (Fsp3) is 0.250. The van der Waals surface area contributed by atoms with Crippen molar-refractivity contribution in [1.29, 1.82) is 0 Å². The minimum absolute atomic E-state index is 0.678. The molecule has 1 nitrogen and oxygen atoms in total. The van der Waals surface area contributed by atoms with Crippen molar-refractivity contribution in [3.8, 4) is 0 Å². The van der Waals surface area contributed by atoms with E-state index in [-0.39, 0.29) is 0 Å². The molecule has 0 fully saturated rings. The third kappa shape index (κ3) is 2.37. The van der Waals surface area contributed by atoms with E-state index < -0.39 is 8.07 Å². The summed E-state index contributed by atoms with van der Waals surface area (Å²) in [6, 6.07) is 13.2. The molecule has 0 spiro atoms. The molecule has 0 amide bonds. The van der Waals surface area contributed by atoms with Gasteiger partial charge in [-0.3, -0.25) is 0 Å². The van der Waals surface area contributed by atoms with Crippen LogP contribution in [-0.2, 0) is 24.7 Å². The Kier molecular flexibility index (Phi) is 3.94. The number of benzene rings is 2. The van der Waals surface area contributed by atoms with Crippen LogP contribution >= 0.6 is 0 Å². The van der Waals surface area contributed by atoms with Crippen LogP contribution in [0.3, 0.4) is 0 Å². The molecular weight excluding hydrogens is 424 g/mol. The monoisotopic (exact) mass is 445 g/mol. The van der Waals surface area contributed by atoms with Gasteiger partial charge < -0.3 is 4.42 Å². The average molecular weight is 447 g/mol. The Hall–Kier alpha value is -1.44. The molecule has 0 radical (unpaired) electrons. The molecule has 4 aliphatic rings. The molecule has 2 aromatic carbocycles. The number of rotatable bonds is 0. The summed E-state index contributed by atoms with van der Waals surface area (Å²) >= 11 is 1.60. The Labute approximate surface area is 177 Å². The molecule has 3 aromatic rings. The first kappa shape index (κ1) is 17.6. The summed E-state index contributed by atoms with van der Waals surface area (Å²) in [5, 5.41) is 4.42. The summed E-state index contributed by atoms with van der Waals surface area (Å²) in [5.41, 5.74) is 9.78. The van der Waals surface area contributed by atoms with E-state index in [9.17, 15) is 0 Å². The van der Waals surface area contributed by atoms with Gasteiger partial charge in [0, 0.05) is 16.7 Å². The quantitative estimate of drug-likeness (QED) is 0.346. The minimum atomic E-state index is -1.04. The second kappa shape index (κ2) is 6.03. The van der Waals surface area contributed by atoms with Crippen molar-refractivity contribution in [2.75, 3.05) is 0 Å². The zero-order chi connectivity index (χ0) is 18.9. The molecule has 3 heteroatoms. The fourth-order valence-corrected chi connectivity index (χ4v) is 10.6. The van der Waals surface area contributed by atoms with Gasteiger partial charge in [0.2, 0.25) is 0 Å². The van der Waals surface area contributed by atoms with Crippen LogP contribution < -0.4 is 0 Å². The van der Waals surface area contributed by atoms with Gasteiger partial charge in [0.05, 0.1) is 20.6 Å². The van der Waals surface area contributed by atoms with Crippen LogP contribution in [0.15, 0.2) is 64.5 Å². The topological polar surface area (TPSA) is 13.1 Å². The molecular formula is C24H23OSiZr. The zero-order valence-corrected chi connectivity index (χ0v) is 19.7. The standard InChI is InChI=1S/C14H11.C10H12OSi.Zr/c1-10-8-12-7-6-11-4-2-3-5-13(11)14(12)9-10;1-6-9-7-4-11-5-8(7)10(6)12(9,2)3;/h2-9H,1H3;4-5,9H,1-3H3;. The van der Waals surface area contributed by atoms with Gasteiger partial charge in [0.1, 0.15) is 0 Å². The molecule has 2 bridgehead atoms. The van der Waals surface area contributed by atoms with Crippen LogP contribution in [0.2, 0.25) is 13.1 Å². The predicted molar refractivity (Wildman–Crippen MR) is 112 cm³/mol. The number of hydrogen-bond donors (Lipinski definition) is 0. The van der Waals surface area contributed by atoms with Crippen molar-refractivity contribution < 1.29 is 29.1 Å². The van der Waals surface area contributed by atoms with Crippen LogP contribution in [0.1, 0.15) is 45.3 Å². The van der Waals surface area contributed by atoms with E-state index in [2.05, 4.69) is 69.4 Å². The summed E-state index contributed by atoms with van der Waals surface area (Å²) < 4.78 is 5.90. The second-order valence-corrected chi connectivity index (χ2v) is 14.5. The first-order valence-corrected chi connectivity index (χ1v) is 14.1. The molecule has 2 aliphatic heterocycles. The van der Waals surface area contributed by atoms with Crippen LogP contribution in [-0.4, -0.2) is 8.07 Å². The molecule has 2 atom stereocenters. The van der Waals surface area contributed by atoms with Gasteiger partial charge in [-0.05, 0) is 12.1 Å². The molecule has 7 rings (SSSR count).